The molecule has 23 heavy (non-hydrogen) atoms. The maximum atomic E-state index is 12.8. The van der Waals surface area contributed by atoms with E-state index < -0.39 is 0 Å². The molecule has 0 spiro atoms. The summed E-state index contributed by atoms with van der Waals surface area (Å²) in [7, 11) is 0. The highest BCUT2D eigenvalue weighted by molar-refractivity contribution is 6.08. The van der Waals surface area contributed by atoms with Crippen LogP contribution in [0.15, 0.2) is 30.5 Å². The minimum atomic E-state index is -0.0879. The quantitative estimate of drug-likeness (QED) is 0.936. The largest absolute Gasteiger partial charge is 0.356 e. The summed E-state index contributed by atoms with van der Waals surface area (Å²) in [5, 5.41) is 3.08. The van der Waals surface area contributed by atoms with E-state index in [9.17, 15) is 4.79 Å². The second-order valence-corrected chi connectivity index (χ2v) is 6.30. The zero-order valence-corrected chi connectivity index (χ0v) is 14.0. The van der Waals surface area contributed by atoms with Crippen molar-refractivity contribution in [2.24, 2.45) is 0 Å². The van der Waals surface area contributed by atoms with Gasteiger partial charge in [0.25, 0.3) is 5.91 Å². The van der Waals surface area contributed by atoms with E-state index in [1.54, 1.807) is 6.20 Å². The van der Waals surface area contributed by atoms with Gasteiger partial charge >= 0.3 is 0 Å². The molecule has 1 fully saturated rings. The van der Waals surface area contributed by atoms with Gasteiger partial charge < -0.3 is 10.2 Å². The highest BCUT2D eigenvalue weighted by atomic mass is 16.1. The number of rotatable bonds is 3. The summed E-state index contributed by atoms with van der Waals surface area (Å²) in [6.45, 7) is 8.07. The first-order valence-corrected chi connectivity index (χ1v) is 8.15. The van der Waals surface area contributed by atoms with Gasteiger partial charge in [-0.05, 0) is 56.9 Å². The summed E-state index contributed by atoms with van der Waals surface area (Å²) >= 11 is 0. The van der Waals surface area contributed by atoms with Crippen LogP contribution >= 0.6 is 0 Å². The summed E-state index contributed by atoms with van der Waals surface area (Å²) in [6.07, 6.45) is 4.08. The van der Waals surface area contributed by atoms with Crippen molar-refractivity contribution >= 4 is 17.4 Å². The molecule has 1 aromatic heterocycles. The molecule has 0 bridgehead atoms. The van der Waals surface area contributed by atoms with E-state index in [2.05, 4.69) is 34.3 Å². The number of aryl methyl sites for hydroxylation is 3. The smallest absolute Gasteiger partial charge is 0.259 e. The van der Waals surface area contributed by atoms with Gasteiger partial charge in [-0.1, -0.05) is 17.7 Å². The second kappa shape index (κ2) is 6.41. The Morgan fingerprint density at radius 1 is 1.13 bits per heavy atom. The highest BCUT2D eigenvalue weighted by Gasteiger charge is 2.21. The van der Waals surface area contributed by atoms with Crippen molar-refractivity contribution < 1.29 is 4.79 Å². The molecule has 1 aliphatic rings. The van der Waals surface area contributed by atoms with Crippen molar-refractivity contribution in [3.05, 3.63) is 52.7 Å². The van der Waals surface area contributed by atoms with Gasteiger partial charge in [0, 0.05) is 25.0 Å². The van der Waals surface area contributed by atoms with Crippen LogP contribution < -0.4 is 10.2 Å². The number of nitrogens with zero attached hydrogens (tertiary/aromatic N) is 2. The maximum absolute atomic E-state index is 12.8. The SMILES string of the molecule is Cc1cc(C)c(NC(=O)c2cccnc2N2CCCC2)c(C)c1. The predicted molar refractivity (Wildman–Crippen MR) is 94.3 cm³/mol. The van der Waals surface area contributed by atoms with Gasteiger partial charge in [0.05, 0.1) is 5.56 Å². The molecule has 1 aromatic carbocycles. The summed E-state index contributed by atoms with van der Waals surface area (Å²) < 4.78 is 0. The van der Waals surface area contributed by atoms with Gasteiger partial charge in [0.2, 0.25) is 0 Å². The first kappa shape index (κ1) is 15.5. The molecule has 4 nitrogen and oxygen atoms in total. The zero-order valence-electron chi connectivity index (χ0n) is 14.0. The Morgan fingerprint density at radius 3 is 2.43 bits per heavy atom. The van der Waals surface area contributed by atoms with Gasteiger partial charge in [-0.3, -0.25) is 4.79 Å². The fourth-order valence-corrected chi connectivity index (χ4v) is 3.31. The van der Waals surface area contributed by atoms with Crippen LogP contribution in [0.5, 0.6) is 0 Å². The molecule has 4 heteroatoms. The molecule has 120 valence electrons. The van der Waals surface area contributed by atoms with E-state index in [-0.39, 0.29) is 5.91 Å². The molecule has 1 amide bonds. The maximum Gasteiger partial charge on any atom is 0.259 e. The Hall–Kier alpha value is -2.36. The molecule has 0 saturated carbocycles. The Labute approximate surface area is 137 Å². The number of anilines is 2. The van der Waals surface area contributed by atoms with Gasteiger partial charge in [0.1, 0.15) is 5.82 Å². The van der Waals surface area contributed by atoms with Crippen molar-refractivity contribution in [3.63, 3.8) is 0 Å². The number of hydrogen-bond donors (Lipinski definition) is 1. The van der Waals surface area contributed by atoms with Crippen LogP contribution in [0.3, 0.4) is 0 Å². The fraction of sp³-hybridized carbons (Fsp3) is 0.368. The Balaban J connectivity index is 1.90. The summed E-state index contributed by atoms with van der Waals surface area (Å²) in [4.78, 5) is 19.4. The molecule has 0 radical (unpaired) electrons. The molecule has 2 heterocycles. The number of carbonyl (C=O) groups excluding carboxylic acids is 1. The Morgan fingerprint density at radius 2 is 1.78 bits per heavy atom. The average molecular weight is 309 g/mol. The molecule has 2 aromatic rings. The standard InChI is InChI=1S/C19H23N3O/c1-13-11-14(2)17(15(3)12-13)21-19(23)16-7-6-8-20-18(16)22-9-4-5-10-22/h6-8,11-12H,4-5,9-10H2,1-3H3,(H,21,23). The van der Waals surface area contributed by atoms with Crippen molar-refractivity contribution in [1.29, 1.82) is 0 Å². The molecule has 1 saturated heterocycles. The van der Waals surface area contributed by atoms with Crippen LogP contribution in [-0.4, -0.2) is 24.0 Å². The second-order valence-electron chi connectivity index (χ2n) is 6.30. The number of carbonyl (C=O) groups is 1. The number of benzene rings is 1. The number of aromatic nitrogens is 1. The third kappa shape index (κ3) is 3.21. The minimum absolute atomic E-state index is 0.0879. The van der Waals surface area contributed by atoms with Gasteiger partial charge in [-0.2, -0.15) is 0 Å². The number of nitrogens with one attached hydrogen (secondary N) is 1. The molecule has 0 atom stereocenters. The summed E-state index contributed by atoms with van der Waals surface area (Å²) in [5.41, 5.74) is 4.92. The van der Waals surface area contributed by atoms with Crippen LogP contribution in [0.1, 0.15) is 39.9 Å². The highest BCUT2D eigenvalue weighted by Crippen LogP contribution is 2.26. The van der Waals surface area contributed by atoms with E-state index in [0.717, 1.165) is 48.6 Å². The molecule has 1 N–H and O–H groups in total. The normalized spacial score (nSPS) is 14.1. The summed E-state index contributed by atoms with van der Waals surface area (Å²) in [5.74, 6) is 0.708. The van der Waals surface area contributed by atoms with Gasteiger partial charge in [-0.15, -0.1) is 0 Å². The van der Waals surface area contributed by atoms with Crippen molar-refractivity contribution in [3.8, 4) is 0 Å². The Bertz CT molecular complexity index is 710. The summed E-state index contributed by atoms with van der Waals surface area (Å²) in [6, 6.07) is 7.86. The lowest BCUT2D eigenvalue weighted by Gasteiger charge is -2.20. The third-order valence-corrected chi connectivity index (χ3v) is 4.35. The first-order chi connectivity index (χ1) is 11.1. The van der Waals surface area contributed by atoms with E-state index in [1.807, 2.05) is 26.0 Å². The average Bonchev–Trinajstić information content (AvgIpc) is 3.05. The van der Waals surface area contributed by atoms with Gasteiger partial charge in [-0.25, -0.2) is 4.98 Å². The number of pyridine rings is 1. The monoisotopic (exact) mass is 309 g/mol. The molecule has 0 unspecified atom stereocenters. The minimum Gasteiger partial charge on any atom is -0.356 e. The lowest BCUT2D eigenvalue weighted by Crippen LogP contribution is -2.24. The number of hydrogen-bond acceptors (Lipinski definition) is 3. The van der Waals surface area contributed by atoms with Crippen LogP contribution in [0.4, 0.5) is 11.5 Å². The molecule has 1 aliphatic heterocycles. The first-order valence-electron chi connectivity index (χ1n) is 8.15. The molecular weight excluding hydrogens is 286 g/mol. The number of amides is 1. The topological polar surface area (TPSA) is 45.2 Å². The van der Waals surface area contributed by atoms with Crippen molar-refractivity contribution in [2.75, 3.05) is 23.3 Å². The Kier molecular flexibility index (Phi) is 4.33. The van der Waals surface area contributed by atoms with E-state index >= 15 is 0 Å². The van der Waals surface area contributed by atoms with E-state index in [4.69, 9.17) is 0 Å². The van der Waals surface area contributed by atoms with Crippen molar-refractivity contribution in [1.82, 2.24) is 4.98 Å². The molecule has 0 aliphatic carbocycles. The van der Waals surface area contributed by atoms with Crippen molar-refractivity contribution in [2.45, 2.75) is 33.6 Å². The fourth-order valence-electron chi connectivity index (χ4n) is 3.31. The third-order valence-electron chi connectivity index (χ3n) is 4.35. The molecular formula is C19H23N3O. The molecule has 3 rings (SSSR count). The zero-order chi connectivity index (χ0) is 16.4. The van der Waals surface area contributed by atoms with E-state index in [0.29, 0.717) is 5.56 Å². The van der Waals surface area contributed by atoms with Gasteiger partial charge in [0.15, 0.2) is 0 Å². The van der Waals surface area contributed by atoms with Crippen LogP contribution in [-0.2, 0) is 0 Å². The van der Waals surface area contributed by atoms with E-state index in [1.165, 1.54) is 5.56 Å². The van der Waals surface area contributed by atoms with Crippen LogP contribution in [0, 0.1) is 20.8 Å². The van der Waals surface area contributed by atoms with Crippen LogP contribution in [0.2, 0.25) is 0 Å². The predicted octanol–water partition coefficient (Wildman–Crippen LogP) is 3.86. The van der Waals surface area contributed by atoms with Crippen LogP contribution in [0.25, 0.3) is 0 Å². The lowest BCUT2D eigenvalue weighted by molar-refractivity contribution is 0.102. The lowest BCUT2D eigenvalue weighted by atomic mass is 10.0.